The van der Waals surface area contributed by atoms with Crippen molar-refractivity contribution in [3.05, 3.63) is 63.6 Å². The molecule has 0 spiro atoms. The maximum Gasteiger partial charge on any atom is 0.328 e. The van der Waals surface area contributed by atoms with Gasteiger partial charge in [-0.1, -0.05) is 41.4 Å². The van der Waals surface area contributed by atoms with Crippen LogP contribution in [-0.4, -0.2) is 43.5 Å². The van der Waals surface area contributed by atoms with E-state index in [0.29, 0.717) is 5.69 Å². The molecule has 0 saturated carbocycles. The van der Waals surface area contributed by atoms with Crippen LogP contribution in [0.25, 0.3) is 0 Å². The minimum absolute atomic E-state index is 0.197. The third kappa shape index (κ3) is 5.30. The second-order valence-electron chi connectivity index (χ2n) is 6.83. The van der Waals surface area contributed by atoms with Crippen LogP contribution < -0.4 is 16.0 Å². The van der Waals surface area contributed by atoms with Crippen LogP contribution in [0, 0.1) is 0 Å². The van der Waals surface area contributed by atoms with Gasteiger partial charge in [0.1, 0.15) is 6.04 Å². The van der Waals surface area contributed by atoms with E-state index >= 15 is 0 Å². The number of methoxy groups -OCH3 is 1. The molecule has 0 aromatic heterocycles. The quantitative estimate of drug-likeness (QED) is 0.564. The molecule has 1 fully saturated rings. The Kier molecular flexibility index (Phi) is 7.31. The smallest absolute Gasteiger partial charge is 0.328 e. The number of halogens is 2. The van der Waals surface area contributed by atoms with Crippen molar-refractivity contribution in [1.29, 1.82) is 0 Å². The third-order valence-corrected chi connectivity index (χ3v) is 5.41. The van der Waals surface area contributed by atoms with E-state index in [9.17, 15) is 14.4 Å². The van der Waals surface area contributed by atoms with E-state index < -0.39 is 17.9 Å². The van der Waals surface area contributed by atoms with Crippen molar-refractivity contribution in [2.24, 2.45) is 0 Å². The van der Waals surface area contributed by atoms with Gasteiger partial charge in [-0.3, -0.25) is 9.59 Å². The Morgan fingerprint density at radius 2 is 1.77 bits per heavy atom. The van der Waals surface area contributed by atoms with E-state index in [1.807, 2.05) is 0 Å². The molecule has 2 aromatic carbocycles. The number of amides is 2. The van der Waals surface area contributed by atoms with Gasteiger partial charge in [-0.25, -0.2) is 4.79 Å². The zero-order valence-corrected chi connectivity index (χ0v) is 17.7. The van der Waals surface area contributed by atoms with Crippen molar-refractivity contribution < 1.29 is 19.1 Å². The SMILES string of the molecule is COC(=O)C(Cc1ccc(NC(=O)c2c(Cl)cccc2Cl)cc1)NC(=O)C1CCN1. The van der Waals surface area contributed by atoms with Crippen LogP contribution in [0.1, 0.15) is 22.3 Å². The van der Waals surface area contributed by atoms with Gasteiger partial charge >= 0.3 is 5.97 Å². The first-order valence-corrected chi connectivity index (χ1v) is 10.1. The highest BCUT2D eigenvalue weighted by Gasteiger charge is 2.29. The molecule has 2 atom stereocenters. The summed E-state index contributed by atoms with van der Waals surface area (Å²) in [6, 6.07) is 10.7. The maximum absolute atomic E-state index is 12.5. The number of carbonyl (C=O) groups excluding carboxylic acids is 3. The summed E-state index contributed by atoms with van der Waals surface area (Å²) in [4.78, 5) is 36.7. The van der Waals surface area contributed by atoms with E-state index in [0.717, 1.165) is 18.5 Å². The molecule has 0 aliphatic carbocycles. The minimum atomic E-state index is -0.799. The number of rotatable bonds is 7. The minimum Gasteiger partial charge on any atom is -0.467 e. The van der Waals surface area contributed by atoms with Gasteiger partial charge in [0, 0.05) is 12.1 Å². The molecule has 158 valence electrons. The molecule has 2 unspecified atom stereocenters. The molecule has 30 heavy (non-hydrogen) atoms. The third-order valence-electron chi connectivity index (χ3n) is 4.78. The fraction of sp³-hybridized carbons (Fsp3) is 0.286. The molecule has 0 bridgehead atoms. The van der Waals surface area contributed by atoms with Crippen molar-refractivity contribution >= 4 is 46.7 Å². The molecular formula is C21H21Cl2N3O4. The predicted molar refractivity (Wildman–Crippen MR) is 115 cm³/mol. The summed E-state index contributed by atoms with van der Waals surface area (Å²) in [6.07, 6.45) is 0.999. The Morgan fingerprint density at radius 3 is 2.30 bits per heavy atom. The van der Waals surface area contributed by atoms with E-state index in [1.54, 1.807) is 42.5 Å². The van der Waals surface area contributed by atoms with Crippen molar-refractivity contribution in [3.8, 4) is 0 Å². The van der Waals surface area contributed by atoms with Crippen LogP contribution in [0.4, 0.5) is 5.69 Å². The van der Waals surface area contributed by atoms with Crippen LogP contribution in [0.15, 0.2) is 42.5 Å². The second kappa shape index (κ2) is 9.93. The second-order valence-corrected chi connectivity index (χ2v) is 7.65. The molecular weight excluding hydrogens is 429 g/mol. The number of ether oxygens (including phenoxy) is 1. The topological polar surface area (TPSA) is 96.5 Å². The Hall–Kier alpha value is -2.61. The molecule has 2 aromatic rings. The van der Waals surface area contributed by atoms with Crippen molar-refractivity contribution in [2.75, 3.05) is 19.0 Å². The normalized spacial score (nSPS) is 16.2. The van der Waals surface area contributed by atoms with Crippen molar-refractivity contribution in [2.45, 2.75) is 24.9 Å². The number of benzene rings is 2. The van der Waals surface area contributed by atoms with Gasteiger partial charge in [0.25, 0.3) is 5.91 Å². The molecule has 0 radical (unpaired) electrons. The van der Waals surface area contributed by atoms with E-state index in [-0.39, 0.29) is 34.0 Å². The predicted octanol–water partition coefficient (Wildman–Crippen LogP) is 2.81. The molecule has 7 nitrogen and oxygen atoms in total. The number of hydrogen-bond acceptors (Lipinski definition) is 5. The lowest BCUT2D eigenvalue weighted by molar-refractivity contribution is -0.145. The Balaban J connectivity index is 1.65. The highest BCUT2D eigenvalue weighted by molar-refractivity contribution is 6.40. The fourth-order valence-electron chi connectivity index (χ4n) is 2.99. The first kappa shape index (κ1) is 22.1. The molecule has 9 heteroatoms. The standard InChI is InChI=1S/C21H21Cl2N3O4/c1-30-21(29)17(26-19(27)16-9-10-24-16)11-12-5-7-13(8-6-12)25-20(28)18-14(22)3-2-4-15(18)23/h2-8,16-17,24H,9-11H2,1H3,(H,25,28)(H,26,27). The molecule has 1 heterocycles. The largest absolute Gasteiger partial charge is 0.467 e. The molecule has 3 N–H and O–H groups in total. The van der Waals surface area contributed by atoms with Crippen LogP contribution in [0.3, 0.4) is 0 Å². The van der Waals surface area contributed by atoms with Gasteiger partial charge in [0.2, 0.25) is 5.91 Å². The van der Waals surface area contributed by atoms with Crippen LogP contribution in [0.5, 0.6) is 0 Å². The van der Waals surface area contributed by atoms with E-state index in [2.05, 4.69) is 16.0 Å². The van der Waals surface area contributed by atoms with Gasteiger partial charge in [-0.2, -0.15) is 0 Å². The summed E-state index contributed by atoms with van der Waals surface area (Å²) in [5.74, 6) is -1.17. The summed E-state index contributed by atoms with van der Waals surface area (Å²) in [7, 11) is 1.28. The van der Waals surface area contributed by atoms with Gasteiger partial charge in [-0.15, -0.1) is 0 Å². The fourth-order valence-corrected chi connectivity index (χ4v) is 3.56. The van der Waals surface area contributed by atoms with Gasteiger partial charge in [0.15, 0.2) is 0 Å². The van der Waals surface area contributed by atoms with Crippen molar-refractivity contribution in [3.63, 3.8) is 0 Å². The van der Waals surface area contributed by atoms with Crippen LogP contribution in [-0.2, 0) is 20.7 Å². The summed E-state index contributed by atoms with van der Waals surface area (Å²) in [5.41, 5.74) is 1.53. The van der Waals surface area contributed by atoms with Crippen LogP contribution in [0.2, 0.25) is 10.0 Å². The highest BCUT2D eigenvalue weighted by atomic mass is 35.5. The molecule has 2 amide bonds. The number of anilines is 1. The first-order valence-electron chi connectivity index (χ1n) is 9.35. The first-order chi connectivity index (χ1) is 14.4. The summed E-state index contributed by atoms with van der Waals surface area (Å²) >= 11 is 12.1. The maximum atomic E-state index is 12.5. The van der Waals surface area contributed by atoms with Gasteiger partial charge in [0.05, 0.1) is 28.8 Å². The van der Waals surface area contributed by atoms with Crippen LogP contribution >= 0.6 is 23.2 Å². The average molecular weight is 450 g/mol. The summed E-state index contributed by atoms with van der Waals surface area (Å²) in [6.45, 7) is 0.785. The van der Waals surface area contributed by atoms with Crippen molar-refractivity contribution in [1.82, 2.24) is 10.6 Å². The van der Waals surface area contributed by atoms with Gasteiger partial charge in [-0.05, 0) is 42.8 Å². The Morgan fingerprint density at radius 1 is 1.13 bits per heavy atom. The lowest BCUT2D eigenvalue weighted by Crippen LogP contribution is -2.56. The lowest BCUT2D eigenvalue weighted by atomic mass is 10.0. The highest BCUT2D eigenvalue weighted by Crippen LogP contribution is 2.25. The Labute approximate surface area is 184 Å². The molecule has 1 aliphatic rings. The number of nitrogens with one attached hydrogen (secondary N) is 3. The molecule has 3 rings (SSSR count). The number of hydrogen-bond donors (Lipinski definition) is 3. The zero-order chi connectivity index (χ0) is 21.7. The van der Waals surface area contributed by atoms with E-state index in [4.69, 9.17) is 27.9 Å². The summed E-state index contributed by atoms with van der Waals surface area (Å²) in [5, 5.41) is 8.98. The zero-order valence-electron chi connectivity index (χ0n) is 16.2. The Bertz CT molecular complexity index is 926. The molecule has 1 saturated heterocycles. The van der Waals surface area contributed by atoms with Gasteiger partial charge < -0.3 is 20.7 Å². The number of esters is 1. The molecule has 1 aliphatic heterocycles. The summed E-state index contributed by atoms with van der Waals surface area (Å²) < 4.78 is 4.81. The lowest BCUT2D eigenvalue weighted by Gasteiger charge is -2.28. The van der Waals surface area contributed by atoms with E-state index in [1.165, 1.54) is 7.11 Å². The number of carbonyl (C=O) groups is 3. The average Bonchev–Trinajstić information content (AvgIpc) is 2.66. The monoisotopic (exact) mass is 449 g/mol.